The molecular weight excluding hydrogens is 401 g/mol. The smallest absolute Gasteiger partial charge is 0.224 e. The molecule has 1 aliphatic rings. The minimum absolute atomic E-state index is 0.00869. The number of para-hydroxylation sites is 2. The van der Waals surface area contributed by atoms with E-state index in [2.05, 4.69) is 63.6 Å². The fraction of sp³-hybridized carbons (Fsp3) is 0.296. The third-order valence-corrected chi connectivity index (χ3v) is 6.08. The molecule has 3 aromatic rings. The van der Waals surface area contributed by atoms with Gasteiger partial charge in [-0.05, 0) is 80.4 Å². The predicted molar refractivity (Wildman–Crippen MR) is 129 cm³/mol. The van der Waals surface area contributed by atoms with Crippen LogP contribution in [0.5, 0.6) is 0 Å². The number of amides is 1. The van der Waals surface area contributed by atoms with Gasteiger partial charge in [0.25, 0.3) is 0 Å². The van der Waals surface area contributed by atoms with Crippen molar-refractivity contribution in [1.82, 2.24) is 4.90 Å². The van der Waals surface area contributed by atoms with Gasteiger partial charge in [0.05, 0.1) is 0 Å². The summed E-state index contributed by atoms with van der Waals surface area (Å²) in [7, 11) is 0. The summed E-state index contributed by atoms with van der Waals surface area (Å²) in [6, 6.07) is 26.9. The fourth-order valence-corrected chi connectivity index (χ4v) is 4.29. The number of benzene rings is 3. The van der Waals surface area contributed by atoms with Crippen LogP contribution in [0, 0.1) is 11.7 Å². The minimum atomic E-state index is -0.298. The number of rotatable bonds is 8. The van der Waals surface area contributed by atoms with Gasteiger partial charge in [0.1, 0.15) is 5.82 Å². The van der Waals surface area contributed by atoms with Gasteiger partial charge in [0, 0.05) is 36.6 Å². The van der Waals surface area contributed by atoms with E-state index in [4.69, 9.17) is 0 Å². The van der Waals surface area contributed by atoms with Gasteiger partial charge in [-0.25, -0.2) is 4.39 Å². The Morgan fingerprint density at radius 1 is 0.875 bits per heavy atom. The van der Waals surface area contributed by atoms with Gasteiger partial charge in [-0.1, -0.05) is 36.4 Å². The highest BCUT2D eigenvalue weighted by Gasteiger charge is 2.22. The highest BCUT2D eigenvalue weighted by Crippen LogP contribution is 2.26. The highest BCUT2D eigenvalue weighted by molar-refractivity contribution is 5.90. The third kappa shape index (κ3) is 6.17. The Kier molecular flexibility index (Phi) is 7.51. The number of carbonyl (C=O) groups excluding carboxylic acids is 1. The highest BCUT2D eigenvalue weighted by atomic mass is 19.1. The Morgan fingerprint density at radius 3 is 2.00 bits per heavy atom. The van der Waals surface area contributed by atoms with Crippen molar-refractivity contribution in [3.63, 3.8) is 0 Å². The number of likely N-dealkylation sites (tertiary alicyclic amines) is 1. The van der Waals surface area contributed by atoms with Crippen molar-refractivity contribution in [2.45, 2.75) is 19.3 Å². The maximum absolute atomic E-state index is 13.0. The molecule has 1 saturated heterocycles. The Bertz CT molecular complexity index is 931. The molecule has 0 saturated carbocycles. The van der Waals surface area contributed by atoms with E-state index >= 15 is 0 Å². The molecule has 166 valence electrons. The molecule has 0 radical (unpaired) electrons. The quantitative estimate of drug-likeness (QED) is 0.497. The lowest BCUT2D eigenvalue weighted by atomic mass is 9.93. The number of hydrogen-bond acceptors (Lipinski definition) is 3. The summed E-state index contributed by atoms with van der Waals surface area (Å²) in [5, 5.41) is 2.88. The van der Waals surface area contributed by atoms with Crippen LogP contribution in [0.1, 0.15) is 19.3 Å². The van der Waals surface area contributed by atoms with Crippen molar-refractivity contribution in [1.29, 1.82) is 0 Å². The summed E-state index contributed by atoms with van der Waals surface area (Å²) in [6.07, 6.45) is 2.56. The van der Waals surface area contributed by atoms with Crippen molar-refractivity contribution in [3.8, 4) is 0 Å². The molecule has 1 aliphatic heterocycles. The van der Waals surface area contributed by atoms with E-state index in [9.17, 15) is 9.18 Å². The normalized spacial score (nSPS) is 14.8. The Labute approximate surface area is 189 Å². The zero-order chi connectivity index (χ0) is 22.2. The molecule has 0 aliphatic carbocycles. The second-order valence-electron chi connectivity index (χ2n) is 8.37. The summed E-state index contributed by atoms with van der Waals surface area (Å²) in [6.45, 7) is 3.92. The summed E-state index contributed by atoms with van der Waals surface area (Å²) < 4.78 is 13.0. The van der Waals surface area contributed by atoms with Crippen LogP contribution >= 0.6 is 0 Å². The number of nitrogens with zero attached hydrogens (tertiary/aromatic N) is 2. The van der Waals surface area contributed by atoms with Crippen LogP contribution in [0.2, 0.25) is 0 Å². The maximum Gasteiger partial charge on any atom is 0.224 e. The van der Waals surface area contributed by atoms with Gasteiger partial charge in [0.2, 0.25) is 5.91 Å². The van der Waals surface area contributed by atoms with Gasteiger partial charge < -0.3 is 15.1 Å². The molecular formula is C27H30FN3O. The SMILES string of the molecule is O=C(CC1CCN(CCN(c2ccccc2)c2ccccc2)CC1)Nc1ccc(F)cc1. The first-order valence-corrected chi connectivity index (χ1v) is 11.3. The minimum Gasteiger partial charge on any atom is -0.340 e. The lowest BCUT2D eigenvalue weighted by molar-refractivity contribution is -0.117. The van der Waals surface area contributed by atoms with E-state index in [0.717, 1.165) is 39.0 Å². The first-order valence-electron chi connectivity index (χ1n) is 11.3. The molecule has 1 amide bonds. The molecule has 0 bridgehead atoms. The molecule has 3 aromatic carbocycles. The number of anilines is 3. The van der Waals surface area contributed by atoms with Crippen LogP contribution in [0.15, 0.2) is 84.9 Å². The molecule has 0 unspecified atom stereocenters. The van der Waals surface area contributed by atoms with E-state index in [1.165, 1.54) is 23.5 Å². The van der Waals surface area contributed by atoms with Gasteiger partial charge in [0.15, 0.2) is 0 Å². The molecule has 0 spiro atoms. The molecule has 4 nitrogen and oxygen atoms in total. The molecule has 0 aromatic heterocycles. The van der Waals surface area contributed by atoms with Crippen LogP contribution in [-0.4, -0.2) is 37.0 Å². The number of carbonyl (C=O) groups is 1. The molecule has 0 atom stereocenters. The van der Waals surface area contributed by atoms with Crippen LogP contribution in [-0.2, 0) is 4.79 Å². The molecule has 1 N–H and O–H groups in total. The lowest BCUT2D eigenvalue weighted by Gasteiger charge is -2.34. The summed E-state index contributed by atoms with van der Waals surface area (Å²) in [5.74, 6) is 0.105. The van der Waals surface area contributed by atoms with Gasteiger partial charge >= 0.3 is 0 Å². The Balaban J connectivity index is 1.26. The second kappa shape index (κ2) is 10.9. The van der Waals surface area contributed by atoms with Gasteiger partial charge in [-0.15, -0.1) is 0 Å². The Morgan fingerprint density at radius 2 is 1.44 bits per heavy atom. The van der Waals surface area contributed by atoms with Gasteiger partial charge in [-0.3, -0.25) is 4.79 Å². The Hall–Kier alpha value is -3.18. The van der Waals surface area contributed by atoms with Crippen LogP contribution in [0.3, 0.4) is 0 Å². The average molecular weight is 432 g/mol. The van der Waals surface area contributed by atoms with Crippen LogP contribution < -0.4 is 10.2 Å². The molecule has 5 heteroatoms. The van der Waals surface area contributed by atoms with E-state index < -0.39 is 0 Å². The lowest BCUT2D eigenvalue weighted by Crippen LogP contribution is -2.39. The van der Waals surface area contributed by atoms with E-state index in [-0.39, 0.29) is 11.7 Å². The van der Waals surface area contributed by atoms with E-state index in [1.54, 1.807) is 12.1 Å². The molecule has 32 heavy (non-hydrogen) atoms. The molecule has 1 heterocycles. The van der Waals surface area contributed by atoms with Crippen molar-refractivity contribution in [3.05, 3.63) is 90.7 Å². The average Bonchev–Trinajstić information content (AvgIpc) is 2.83. The zero-order valence-corrected chi connectivity index (χ0v) is 18.3. The summed E-state index contributed by atoms with van der Waals surface area (Å²) >= 11 is 0. The second-order valence-corrected chi connectivity index (χ2v) is 8.37. The van der Waals surface area contributed by atoms with Crippen LogP contribution in [0.25, 0.3) is 0 Å². The number of nitrogens with one attached hydrogen (secondary N) is 1. The zero-order valence-electron chi connectivity index (χ0n) is 18.3. The monoisotopic (exact) mass is 431 g/mol. The summed E-state index contributed by atoms with van der Waals surface area (Å²) in [4.78, 5) is 17.2. The number of piperidine rings is 1. The largest absolute Gasteiger partial charge is 0.340 e. The third-order valence-electron chi connectivity index (χ3n) is 6.08. The molecule has 1 fully saturated rings. The van der Waals surface area contributed by atoms with Gasteiger partial charge in [-0.2, -0.15) is 0 Å². The van der Waals surface area contributed by atoms with Crippen molar-refractivity contribution < 1.29 is 9.18 Å². The summed E-state index contributed by atoms with van der Waals surface area (Å²) in [5.41, 5.74) is 3.05. The predicted octanol–water partition coefficient (Wildman–Crippen LogP) is 5.70. The van der Waals surface area contributed by atoms with Crippen molar-refractivity contribution >= 4 is 23.0 Å². The number of halogens is 1. The van der Waals surface area contributed by atoms with Crippen molar-refractivity contribution in [2.75, 3.05) is 36.4 Å². The topological polar surface area (TPSA) is 35.6 Å². The van der Waals surface area contributed by atoms with E-state index in [1.807, 2.05) is 12.1 Å². The van der Waals surface area contributed by atoms with Crippen molar-refractivity contribution in [2.24, 2.45) is 5.92 Å². The molecule has 4 rings (SSSR count). The standard InChI is InChI=1S/C27H30FN3O/c28-23-11-13-24(14-12-23)29-27(32)21-22-15-17-30(18-16-22)19-20-31(25-7-3-1-4-8-25)26-9-5-2-6-10-26/h1-14,22H,15-21H2,(H,29,32). The van der Waals surface area contributed by atoms with Crippen LogP contribution in [0.4, 0.5) is 21.5 Å². The van der Waals surface area contributed by atoms with E-state index in [0.29, 0.717) is 18.0 Å². The fourth-order valence-electron chi connectivity index (χ4n) is 4.29. The first-order chi connectivity index (χ1) is 15.7. The first kappa shape index (κ1) is 22.0. The number of hydrogen-bond donors (Lipinski definition) is 1. The maximum atomic E-state index is 13.0.